The van der Waals surface area contributed by atoms with Crippen molar-refractivity contribution in [3.63, 3.8) is 0 Å². The Morgan fingerprint density at radius 2 is 2.16 bits per heavy atom. The second-order valence-electron chi connectivity index (χ2n) is 4.72. The third-order valence-electron chi connectivity index (χ3n) is 3.03. The molecule has 0 aliphatic rings. The quantitative estimate of drug-likeness (QED) is 0.789. The van der Waals surface area contributed by atoms with E-state index in [0.717, 1.165) is 6.42 Å². The number of amides is 1. The minimum atomic E-state index is -0.776. The van der Waals surface area contributed by atoms with Gasteiger partial charge < -0.3 is 10.4 Å². The van der Waals surface area contributed by atoms with Crippen LogP contribution in [0.2, 0.25) is 0 Å². The second kappa shape index (κ2) is 7.51. The van der Waals surface area contributed by atoms with Crippen molar-refractivity contribution in [2.45, 2.75) is 33.1 Å². The highest BCUT2D eigenvalue weighted by Gasteiger charge is 2.10. The van der Waals surface area contributed by atoms with Gasteiger partial charge in [-0.25, -0.2) is 0 Å². The number of nitrogens with zero attached hydrogens (tertiary/aromatic N) is 1. The minimum absolute atomic E-state index is 0.129. The van der Waals surface area contributed by atoms with Crippen LogP contribution in [-0.4, -0.2) is 28.5 Å². The number of hydrogen-bond acceptors (Lipinski definition) is 3. The fraction of sp³-hybridized carbons (Fsp3) is 0.500. The van der Waals surface area contributed by atoms with Crippen molar-refractivity contribution in [2.75, 3.05) is 6.54 Å². The van der Waals surface area contributed by atoms with Gasteiger partial charge in [0, 0.05) is 24.9 Å². The van der Waals surface area contributed by atoms with E-state index in [1.165, 1.54) is 0 Å². The summed E-state index contributed by atoms with van der Waals surface area (Å²) in [6, 6.07) is 3.48. The van der Waals surface area contributed by atoms with Gasteiger partial charge >= 0.3 is 5.97 Å². The molecule has 1 aromatic heterocycles. The van der Waals surface area contributed by atoms with Crippen LogP contribution in [-0.2, 0) is 4.79 Å². The van der Waals surface area contributed by atoms with E-state index in [4.69, 9.17) is 5.11 Å². The standard InChI is InChI=1S/C14H20N2O3/c1-10(5-6-13(17)18)7-9-16-14(19)12-4-3-8-15-11(12)2/h3-4,8,10H,5-7,9H2,1-2H3,(H,16,19)(H,17,18). The van der Waals surface area contributed by atoms with E-state index in [9.17, 15) is 9.59 Å². The minimum Gasteiger partial charge on any atom is -0.481 e. The maximum Gasteiger partial charge on any atom is 0.303 e. The number of aryl methyl sites for hydroxylation is 1. The Morgan fingerprint density at radius 3 is 2.79 bits per heavy atom. The largest absolute Gasteiger partial charge is 0.481 e. The lowest BCUT2D eigenvalue weighted by atomic mass is 10.0. The molecular weight excluding hydrogens is 244 g/mol. The summed E-state index contributed by atoms with van der Waals surface area (Å²) in [6.45, 7) is 4.34. The Labute approximate surface area is 113 Å². The monoisotopic (exact) mass is 264 g/mol. The van der Waals surface area contributed by atoms with E-state index < -0.39 is 5.97 Å². The van der Waals surface area contributed by atoms with Crippen LogP contribution in [0.15, 0.2) is 18.3 Å². The third-order valence-corrected chi connectivity index (χ3v) is 3.03. The van der Waals surface area contributed by atoms with E-state index in [0.29, 0.717) is 24.2 Å². The van der Waals surface area contributed by atoms with E-state index in [1.54, 1.807) is 25.3 Å². The fourth-order valence-electron chi connectivity index (χ4n) is 1.77. The van der Waals surface area contributed by atoms with Gasteiger partial charge in [-0.15, -0.1) is 0 Å². The number of pyridine rings is 1. The summed E-state index contributed by atoms with van der Waals surface area (Å²) in [4.78, 5) is 26.4. The number of carbonyl (C=O) groups excluding carboxylic acids is 1. The summed E-state index contributed by atoms with van der Waals surface area (Å²) in [6.07, 6.45) is 3.24. The van der Waals surface area contributed by atoms with E-state index in [2.05, 4.69) is 10.3 Å². The molecule has 0 saturated carbocycles. The normalized spacial score (nSPS) is 11.9. The molecule has 0 spiro atoms. The predicted octanol–water partition coefficient (Wildman–Crippen LogP) is 2.01. The van der Waals surface area contributed by atoms with Crippen LogP contribution in [0, 0.1) is 12.8 Å². The summed E-state index contributed by atoms with van der Waals surface area (Å²) < 4.78 is 0. The molecular formula is C14H20N2O3. The van der Waals surface area contributed by atoms with E-state index in [1.807, 2.05) is 6.92 Å². The van der Waals surface area contributed by atoms with Gasteiger partial charge in [0.2, 0.25) is 0 Å². The molecule has 0 fully saturated rings. The van der Waals surface area contributed by atoms with Crippen LogP contribution >= 0.6 is 0 Å². The molecule has 1 atom stereocenters. The molecule has 0 saturated heterocycles. The SMILES string of the molecule is Cc1ncccc1C(=O)NCCC(C)CCC(=O)O. The van der Waals surface area contributed by atoms with Crippen LogP contribution in [0.25, 0.3) is 0 Å². The van der Waals surface area contributed by atoms with Crippen molar-refractivity contribution in [3.05, 3.63) is 29.6 Å². The van der Waals surface area contributed by atoms with Gasteiger partial charge in [0.15, 0.2) is 0 Å². The highest BCUT2D eigenvalue weighted by atomic mass is 16.4. The molecule has 0 bridgehead atoms. The number of carboxylic acid groups (broad SMARTS) is 1. The molecule has 2 N–H and O–H groups in total. The number of carboxylic acids is 1. The first-order valence-electron chi connectivity index (χ1n) is 6.42. The number of aliphatic carboxylic acids is 1. The van der Waals surface area contributed by atoms with E-state index >= 15 is 0 Å². The van der Waals surface area contributed by atoms with Crippen molar-refractivity contribution in [3.8, 4) is 0 Å². The Balaban J connectivity index is 2.31. The lowest BCUT2D eigenvalue weighted by Gasteiger charge is -2.11. The third kappa shape index (κ3) is 5.50. The van der Waals surface area contributed by atoms with Gasteiger partial charge in [-0.1, -0.05) is 6.92 Å². The second-order valence-corrected chi connectivity index (χ2v) is 4.72. The van der Waals surface area contributed by atoms with Crippen LogP contribution in [0.4, 0.5) is 0 Å². The van der Waals surface area contributed by atoms with Crippen LogP contribution < -0.4 is 5.32 Å². The molecule has 19 heavy (non-hydrogen) atoms. The van der Waals surface area contributed by atoms with Gasteiger partial charge in [0.25, 0.3) is 5.91 Å². The maximum atomic E-state index is 11.9. The van der Waals surface area contributed by atoms with Gasteiger partial charge in [-0.2, -0.15) is 0 Å². The Hall–Kier alpha value is -1.91. The highest BCUT2D eigenvalue weighted by Crippen LogP contribution is 2.09. The number of aromatic nitrogens is 1. The number of carbonyl (C=O) groups is 2. The van der Waals surface area contributed by atoms with Crippen molar-refractivity contribution in [2.24, 2.45) is 5.92 Å². The zero-order chi connectivity index (χ0) is 14.3. The lowest BCUT2D eigenvalue weighted by molar-refractivity contribution is -0.137. The topological polar surface area (TPSA) is 79.3 Å². The lowest BCUT2D eigenvalue weighted by Crippen LogP contribution is -2.26. The average Bonchev–Trinajstić information content (AvgIpc) is 2.36. The van der Waals surface area contributed by atoms with Crippen molar-refractivity contribution in [1.82, 2.24) is 10.3 Å². The maximum absolute atomic E-state index is 11.9. The van der Waals surface area contributed by atoms with Crippen molar-refractivity contribution < 1.29 is 14.7 Å². The summed E-state index contributed by atoms with van der Waals surface area (Å²) >= 11 is 0. The molecule has 1 unspecified atom stereocenters. The zero-order valence-corrected chi connectivity index (χ0v) is 11.3. The van der Waals surface area contributed by atoms with Gasteiger partial charge in [-0.05, 0) is 37.8 Å². The van der Waals surface area contributed by atoms with Crippen LogP contribution in [0.3, 0.4) is 0 Å². The summed E-state index contributed by atoms with van der Waals surface area (Å²) in [5, 5.41) is 11.4. The first-order chi connectivity index (χ1) is 9.00. The Morgan fingerprint density at radius 1 is 1.42 bits per heavy atom. The molecule has 0 radical (unpaired) electrons. The predicted molar refractivity (Wildman–Crippen MR) is 72.0 cm³/mol. The summed E-state index contributed by atoms with van der Waals surface area (Å²) in [7, 11) is 0. The van der Waals surface area contributed by atoms with E-state index in [-0.39, 0.29) is 18.2 Å². The van der Waals surface area contributed by atoms with Gasteiger partial charge in [0.05, 0.1) is 5.56 Å². The molecule has 5 heteroatoms. The molecule has 1 heterocycles. The van der Waals surface area contributed by atoms with Gasteiger partial charge in [-0.3, -0.25) is 14.6 Å². The summed E-state index contributed by atoms with van der Waals surface area (Å²) in [5.74, 6) is -0.621. The Bertz CT molecular complexity index is 446. The smallest absolute Gasteiger partial charge is 0.303 e. The number of nitrogens with one attached hydrogen (secondary N) is 1. The fourth-order valence-corrected chi connectivity index (χ4v) is 1.77. The average molecular weight is 264 g/mol. The van der Waals surface area contributed by atoms with Crippen LogP contribution in [0.1, 0.15) is 42.2 Å². The molecule has 104 valence electrons. The first kappa shape index (κ1) is 15.1. The molecule has 1 amide bonds. The van der Waals surface area contributed by atoms with Crippen LogP contribution in [0.5, 0.6) is 0 Å². The van der Waals surface area contributed by atoms with Crippen molar-refractivity contribution >= 4 is 11.9 Å². The molecule has 1 rings (SSSR count). The zero-order valence-electron chi connectivity index (χ0n) is 11.3. The molecule has 0 aliphatic heterocycles. The molecule has 0 aliphatic carbocycles. The highest BCUT2D eigenvalue weighted by molar-refractivity contribution is 5.95. The molecule has 5 nitrogen and oxygen atoms in total. The van der Waals surface area contributed by atoms with Crippen molar-refractivity contribution in [1.29, 1.82) is 0 Å². The Kier molecular flexibility index (Phi) is 5.99. The molecule has 0 aromatic carbocycles. The number of hydrogen-bond donors (Lipinski definition) is 2. The van der Waals surface area contributed by atoms with Gasteiger partial charge in [0.1, 0.15) is 0 Å². The first-order valence-corrected chi connectivity index (χ1v) is 6.42. The molecule has 1 aromatic rings. The summed E-state index contributed by atoms with van der Waals surface area (Å²) in [5.41, 5.74) is 1.29. The number of rotatable bonds is 7.